The lowest BCUT2D eigenvalue weighted by molar-refractivity contribution is 0.660. The highest BCUT2D eigenvalue weighted by atomic mass is 15.1. The molecule has 14 aromatic rings. The summed E-state index contributed by atoms with van der Waals surface area (Å²) in [5.41, 5.74) is 11.1. The summed E-state index contributed by atoms with van der Waals surface area (Å²) in [4.78, 5) is 4.53. The number of benzene rings is 14. The summed E-state index contributed by atoms with van der Waals surface area (Å²) in [5.74, 6) is 0. The van der Waals surface area contributed by atoms with Gasteiger partial charge in [-0.15, -0.1) is 0 Å². The minimum Gasteiger partial charge on any atom is -0.310 e. The molecule has 388 valence electrons. The summed E-state index contributed by atoms with van der Waals surface area (Å²) >= 11 is 0. The molecular formula is C80H58N2. The van der Waals surface area contributed by atoms with Crippen molar-refractivity contribution in [3.05, 3.63) is 301 Å². The molecule has 0 saturated heterocycles. The van der Waals surface area contributed by atoms with Crippen LogP contribution in [0.4, 0.5) is 34.1 Å². The van der Waals surface area contributed by atoms with Gasteiger partial charge >= 0.3 is 0 Å². The second-order valence-electron chi connectivity index (χ2n) is 22.9. The van der Waals surface area contributed by atoms with Crippen LogP contribution in [0.15, 0.2) is 279 Å². The molecule has 16 rings (SSSR count). The summed E-state index contributed by atoms with van der Waals surface area (Å²) in [7, 11) is 0. The molecule has 0 spiro atoms. The predicted octanol–water partition coefficient (Wildman–Crippen LogP) is 22.3. The molecule has 0 saturated carbocycles. The van der Waals surface area contributed by atoms with Crippen molar-refractivity contribution in [2.45, 2.75) is 38.5 Å². The van der Waals surface area contributed by atoms with Crippen LogP contribution in [0.2, 0.25) is 0 Å². The average Bonchev–Trinajstić information content (AvgIpc) is 1.49. The van der Waals surface area contributed by atoms with Crippen LogP contribution in [0.3, 0.4) is 0 Å². The van der Waals surface area contributed by atoms with Crippen LogP contribution in [-0.4, -0.2) is 0 Å². The number of hydrogen-bond acceptors (Lipinski definition) is 2. The Kier molecular flexibility index (Phi) is 8.59. The third-order valence-corrected chi connectivity index (χ3v) is 17.7. The molecule has 14 aromatic carbocycles. The highest BCUT2D eigenvalue weighted by Crippen LogP contribution is 2.61. The molecular weight excluding hydrogens is 989 g/mol. The van der Waals surface area contributed by atoms with Gasteiger partial charge in [-0.1, -0.05) is 222 Å². The summed E-state index contributed by atoms with van der Waals surface area (Å²) in [6, 6.07) is 71.6. The second-order valence-corrected chi connectivity index (χ2v) is 22.9. The zero-order chi connectivity index (χ0) is 63.5. The van der Waals surface area contributed by atoms with Gasteiger partial charge in [-0.25, -0.2) is 0 Å². The van der Waals surface area contributed by atoms with E-state index in [0.717, 1.165) is 111 Å². The third-order valence-electron chi connectivity index (χ3n) is 17.7. The third kappa shape index (κ3) is 7.41. The number of rotatable bonds is 8. The first-order valence-electron chi connectivity index (χ1n) is 33.0. The molecule has 0 N–H and O–H groups in total. The van der Waals surface area contributed by atoms with Crippen LogP contribution in [0.25, 0.3) is 98.4 Å². The molecule has 0 bridgehead atoms. The van der Waals surface area contributed by atoms with Gasteiger partial charge in [0.15, 0.2) is 0 Å². The minimum absolute atomic E-state index is 0.00325. The van der Waals surface area contributed by atoms with E-state index in [9.17, 15) is 11.0 Å². The number of hydrogen-bond donors (Lipinski definition) is 0. The average molecular weight is 1060 g/mol. The van der Waals surface area contributed by atoms with Gasteiger partial charge in [0.05, 0.1) is 13.7 Å². The van der Waals surface area contributed by atoms with E-state index in [1.807, 2.05) is 48.5 Å². The monoisotopic (exact) mass is 1060 g/mol. The molecule has 82 heavy (non-hydrogen) atoms. The molecule has 2 heteroatoms. The van der Waals surface area contributed by atoms with Crippen molar-refractivity contribution in [2.75, 3.05) is 9.80 Å². The molecule has 0 unspecified atom stereocenters. The SMILES string of the molecule is [2H]c1c([2H])c([2H])c(-c2c3c(cc4c(-c5c([2H])c([2H])c([2H])c([2H])c5[2H])c5c(cc24)C(C)(C)c2cc(N(c4ccc6ccccc6c4)c4ccc6ccccc6c4)ccc2-5)C(C)(C)c2cc(N(c4ccc5ccccc5c4)c4ccc5ccccc5c4)ccc2-3)c([2H])c1[2H]. The van der Waals surface area contributed by atoms with Crippen LogP contribution in [0.1, 0.15) is 63.7 Å². The van der Waals surface area contributed by atoms with E-state index < -0.39 is 47.1 Å². The highest BCUT2D eigenvalue weighted by Gasteiger charge is 2.42. The fourth-order valence-corrected chi connectivity index (χ4v) is 13.6. The van der Waals surface area contributed by atoms with Gasteiger partial charge in [0, 0.05) is 45.0 Å². The van der Waals surface area contributed by atoms with Gasteiger partial charge in [0.1, 0.15) is 0 Å². The first-order chi connectivity index (χ1) is 44.3. The van der Waals surface area contributed by atoms with Crippen LogP contribution < -0.4 is 9.80 Å². The van der Waals surface area contributed by atoms with E-state index in [2.05, 4.69) is 207 Å². The summed E-state index contributed by atoms with van der Waals surface area (Å²) in [6.45, 7) is 8.57. The van der Waals surface area contributed by atoms with Crippen LogP contribution >= 0.6 is 0 Å². The summed E-state index contributed by atoms with van der Waals surface area (Å²) in [6.07, 6.45) is 0. The van der Waals surface area contributed by atoms with Crippen molar-refractivity contribution in [1.29, 1.82) is 0 Å². The van der Waals surface area contributed by atoms with E-state index in [0.29, 0.717) is 33.0 Å². The zero-order valence-electron chi connectivity index (χ0n) is 55.7. The minimum atomic E-state index is -0.855. The maximum Gasteiger partial charge on any atom is 0.0629 e. The van der Waals surface area contributed by atoms with Crippen molar-refractivity contribution in [3.8, 4) is 44.5 Å². The molecule has 2 nitrogen and oxygen atoms in total. The molecule has 0 aliphatic heterocycles. The molecule has 0 heterocycles. The van der Waals surface area contributed by atoms with Gasteiger partial charge < -0.3 is 9.80 Å². The predicted molar refractivity (Wildman–Crippen MR) is 349 cm³/mol. The molecule has 0 atom stereocenters. The summed E-state index contributed by atoms with van der Waals surface area (Å²) in [5, 5.41) is 9.79. The topological polar surface area (TPSA) is 6.48 Å². The molecule has 0 amide bonds. The van der Waals surface area contributed by atoms with Crippen LogP contribution in [0, 0.1) is 0 Å². The van der Waals surface area contributed by atoms with Gasteiger partial charge in [-0.2, -0.15) is 0 Å². The highest BCUT2D eigenvalue weighted by molar-refractivity contribution is 6.17. The Balaban J connectivity index is 0.986. The Morgan fingerprint density at radius 2 is 0.549 bits per heavy atom. The normalized spacial score (nSPS) is 15.3. The quantitative estimate of drug-likeness (QED) is 0.150. The second kappa shape index (κ2) is 18.3. The van der Waals surface area contributed by atoms with Crippen molar-refractivity contribution < 1.29 is 13.7 Å². The van der Waals surface area contributed by atoms with E-state index in [1.165, 1.54) is 0 Å². The Bertz CT molecular complexity index is 5020. The zero-order valence-corrected chi connectivity index (χ0v) is 45.7. The summed E-state index contributed by atoms with van der Waals surface area (Å²) < 4.78 is 94.3. The van der Waals surface area contributed by atoms with Gasteiger partial charge in [0.2, 0.25) is 0 Å². The maximum atomic E-state index is 9.87. The van der Waals surface area contributed by atoms with Crippen LogP contribution in [-0.2, 0) is 10.8 Å². The number of anilines is 6. The number of fused-ring (bicyclic) bond motifs is 11. The lowest BCUT2D eigenvalue weighted by Crippen LogP contribution is -2.17. The number of nitrogens with zero attached hydrogens (tertiary/aromatic N) is 2. The van der Waals surface area contributed by atoms with Crippen LogP contribution in [0.5, 0.6) is 0 Å². The van der Waals surface area contributed by atoms with E-state index in [-0.39, 0.29) is 35.3 Å². The van der Waals surface area contributed by atoms with Crippen molar-refractivity contribution in [2.24, 2.45) is 0 Å². The fourth-order valence-electron chi connectivity index (χ4n) is 13.6. The smallest absolute Gasteiger partial charge is 0.0629 e. The van der Waals surface area contributed by atoms with E-state index in [1.54, 1.807) is 0 Å². The first-order valence-corrected chi connectivity index (χ1v) is 28.0. The largest absolute Gasteiger partial charge is 0.310 e. The molecule has 2 aliphatic carbocycles. The maximum absolute atomic E-state index is 9.87. The van der Waals surface area contributed by atoms with Gasteiger partial charge in [-0.3, -0.25) is 0 Å². The van der Waals surface area contributed by atoms with Gasteiger partial charge in [0.25, 0.3) is 0 Å². The first kappa shape index (κ1) is 38.6. The molecule has 0 radical (unpaired) electrons. The van der Waals surface area contributed by atoms with E-state index >= 15 is 0 Å². The Labute approximate surface area is 493 Å². The lowest BCUT2D eigenvalue weighted by Gasteiger charge is -2.29. The molecule has 0 aromatic heterocycles. The lowest BCUT2D eigenvalue weighted by atomic mass is 9.76. The van der Waals surface area contributed by atoms with Crippen molar-refractivity contribution >= 4 is 88.0 Å². The fraction of sp³-hybridized carbons (Fsp3) is 0.0750. The Morgan fingerprint density at radius 1 is 0.268 bits per heavy atom. The van der Waals surface area contributed by atoms with E-state index in [4.69, 9.17) is 2.74 Å². The molecule has 2 aliphatic rings. The standard InChI is InChI=1S/C80H58N2/c1-79(2)71-47-65(81(61-35-31-51-19-11-15-27-57(51)43-61)62-36-32-52-20-12-16-28-58(52)44-62)39-41-67(71)77-73(79)49-69-70(75(77)55-23-7-5-8-24-55)50-74-78(76(69)56-25-9-6-10-26-56)68-42-40-66(48-72(68)80(74,3)4)82(63-37-33-53-21-13-17-29-59(53)45-63)64-38-34-54-22-14-18-30-60(54)46-64/h5-50H,1-4H3/i5D,6D,7D,8D,9D,10D,23D,24D,25D,26D. The van der Waals surface area contributed by atoms with Crippen molar-refractivity contribution in [1.82, 2.24) is 0 Å². The molecule has 0 fully saturated rings. The van der Waals surface area contributed by atoms with Gasteiger partial charge in [-0.05, 0) is 206 Å². The Hall–Kier alpha value is -10.0. The van der Waals surface area contributed by atoms with Crippen molar-refractivity contribution in [3.63, 3.8) is 0 Å². The Morgan fingerprint density at radius 3 is 0.866 bits per heavy atom.